The Kier molecular flexibility index (Phi) is 4.94. The number of ether oxygens (including phenoxy) is 1. The van der Waals surface area contributed by atoms with Gasteiger partial charge in [0.1, 0.15) is 0 Å². The largest absolute Gasteiger partial charge is 0.378 e. The predicted molar refractivity (Wildman–Crippen MR) is 85.9 cm³/mol. The Labute approximate surface area is 128 Å². The minimum atomic E-state index is 0.256. The van der Waals surface area contributed by atoms with Crippen LogP contribution < -0.4 is 11.3 Å². The van der Waals surface area contributed by atoms with Gasteiger partial charge in [0, 0.05) is 18.1 Å². The maximum Gasteiger partial charge on any atom is 0.0576 e. The molecule has 0 spiro atoms. The van der Waals surface area contributed by atoms with Crippen molar-refractivity contribution in [1.82, 2.24) is 5.43 Å². The summed E-state index contributed by atoms with van der Waals surface area (Å²) in [6.07, 6.45) is 10.3. The molecule has 1 saturated heterocycles. The van der Waals surface area contributed by atoms with Gasteiger partial charge in [0.15, 0.2) is 0 Å². The molecule has 0 amide bonds. The molecule has 2 fully saturated rings. The summed E-state index contributed by atoms with van der Waals surface area (Å²) in [5.41, 5.74) is 4.84. The molecule has 21 heavy (non-hydrogen) atoms. The average molecular weight is 288 g/mol. The highest BCUT2D eigenvalue weighted by Gasteiger charge is 2.44. The van der Waals surface area contributed by atoms with Gasteiger partial charge < -0.3 is 4.74 Å². The van der Waals surface area contributed by atoms with Gasteiger partial charge in [0.05, 0.1) is 6.10 Å². The Morgan fingerprint density at radius 1 is 1.24 bits per heavy atom. The summed E-state index contributed by atoms with van der Waals surface area (Å²) in [5.74, 6) is 5.92. The second kappa shape index (κ2) is 6.91. The van der Waals surface area contributed by atoms with E-state index in [4.69, 9.17) is 10.6 Å². The smallest absolute Gasteiger partial charge is 0.0576 e. The van der Waals surface area contributed by atoms with E-state index in [9.17, 15) is 0 Å². The van der Waals surface area contributed by atoms with Gasteiger partial charge in [-0.05, 0) is 50.5 Å². The van der Waals surface area contributed by atoms with E-state index in [1.165, 1.54) is 50.5 Å². The molecule has 1 aromatic carbocycles. The van der Waals surface area contributed by atoms with E-state index in [-0.39, 0.29) is 5.41 Å². The van der Waals surface area contributed by atoms with Crippen LogP contribution >= 0.6 is 0 Å². The molecular formula is C18H28N2O. The molecule has 1 aliphatic heterocycles. The maximum atomic E-state index is 5.92. The summed E-state index contributed by atoms with van der Waals surface area (Å²) >= 11 is 0. The van der Waals surface area contributed by atoms with Crippen LogP contribution in [-0.4, -0.2) is 18.8 Å². The zero-order chi connectivity index (χ0) is 14.5. The molecule has 0 bridgehead atoms. The molecule has 3 rings (SSSR count). The maximum absolute atomic E-state index is 5.92. The summed E-state index contributed by atoms with van der Waals surface area (Å²) < 4.78 is 5.73. The first-order chi connectivity index (χ1) is 10.3. The van der Waals surface area contributed by atoms with Crippen LogP contribution in [0.15, 0.2) is 30.3 Å². The Morgan fingerprint density at radius 3 is 2.62 bits per heavy atom. The van der Waals surface area contributed by atoms with Crippen LogP contribution in [0.5, 0.6) is 0 Å². The van der Waals surface area contributed by atoms with E-state index >= 15 is 0 Å². The molecule has 1 aliphatic carbocycles. The van der Waals surface area contributed by atoms with E-state index < -0.39 is 0 Å². The minimum Gasteiger partial charge on any atom is -0.378 e. The van der Waals surface area contributed by atoms with Gasteiger partial charge in [-0.1, -0.05) is 36.8 Å². The number of rotatable bonds is 7. The molecule has 3 nitrogen and oxygen atoms in total. The van der Waals surface area contributed by atoms with Crippen LogP contribution in [0.1, 0.15) is 56.9 Å². The topological polar surface area (TPSA) is 47.3 Å². The number of hydrogen-bond acceptors (Lipinski definition) is 3. The van der Waals surface area contributed by atoms with Crippen molar-refractivity contribution in [2.24, 2.45) is 5.84 Å². The average Bonchev–Trinajstić information content (AvgIpc) is 2.99. The third-order valence-electron chi connectivity index (χ3n) is 5.51. The minimum absolute atomic E-state index is 0.256. The van der Waals surface area contributed by atoms with E-state index in [1.807, 2.05) is 0 Å². The molecule has 1 saturated carbocycles. The number of hydrogen-bond donors (Lipinski definition) is 2. The molecule has 3 N–H and O–H groups in total. The lowest BCUT2D eigenvalue weighted by atomic mass is 9.59. The van der Waals surface area contributed by atoms with Crippen LogP contribution in [0.4, 0.5) is 0 Å². The zero-order valence-electron chi connectivity index (χ0n) is 12.9. The molecule has 0 aromatic heterocycles. The third-order valence-corrected chi connectivity index (χ3v) is 5.51. The van der Waals surface area contributed by atoms with Gasteiger partial charge in [0.2, 0.25) is 0 Å². The predicted octanol–water partition coefficient (Wildman–Crippen LogP) is 3.29. The van der Waals surface area contributed by atoms with E-state index in [1.54, 1.807) is 0 Å². The van der Waals surface area contributed by atoms with Crippen molar-refractivity contribution in [3.8, 4) is 0 Å². The summed E-state index contributed by atoms with van der Waals surface area (Å²) in [5, 5.41) is 0. The fraction of sp³-hybridized carbons (Fsp3) is 0.667. The highest BCUT2D eigenvalue weighted by Crippen LogP contribution is 2.47. The number of nitrogens with one attached hydrogen (secondary N) is 1. The highest BCUT2D eigenvalue weighted by atomic mass is 16.5. The van der Waals surface area contributed by atoms with Gasteiger partial charge in [-0.2, -0.15) is 0 Å². The molecule has 0 radical (unpaired) electrons. The first-order valence-corrected chi connectivity index (χ1v) is 8.48. The second-order valence-electron chi connectivity index (χ2n) is 6.66. The second-order valence-corrected chi connectivity index (χ2v) is 6.66. The van der Waals surface area contributed by atoms with Crippen molar-refractivity contribution in [1.29, 1.82) is 0 Å². The van der Waals surface area contributed by atoms with Crippen molar-refractivity contribution in [2.75, 3.05) is 6.61 Å². The first-order valence-electron chi connectivity index (χ1n) is 8.48. The number of benzene rings is 1. The van der Waals surface area contributed by atoms with Crippen LogP contribution in [-0.2, 0) is 10.2 Å². The van der Waals surface area contributed by atoms with Gasteiger partial charge in [-0.25, -0.2) is 0 Å². The molecule has 2 atom stereocenters. The van der Waals surface area contributed by atoms with E-state index in [0.29, 0.717) is 12.1 Å². The normalized spacial score (nSPS) is 25.5. The quantitative estimate of drug-likeness (QED) is 0.598. The number of hydrazine groups is 1. The molecule has 116 valence electrons. The van der Waals surface area contributed by atoms with Crippen molar-refractivity contribution in [3.63, 3.8) is 0 Å². The summed E-state index contributed by atoms with van der Waals surface area (Å²) in [6, 6.07) is 11.3. The van der Waals surface area contributed by atoms with E-state index in [2.05, 4.69) is 35.8 Å². The molecule has 1 aromatic rings. The Hall–Kier alpha value is -0.900. The van der Waals surface area contributed by atoms with Gasteiger partial charge in [0.25, 0.3) is 0 Å². The SMILES string of the molecule is NNC(CCCC1CCCO1)C1(c2ccccc2)CCC1. The van der Waals surface area contributed by atoms with Crippen LogP contribution in [0.2, 0.25) is 0 Å². The van der Waals surface area contributed by atoms with Gasteiger partial charge in [-0.3, -0.25) is 11.3 Å². The van der Waals surface area contributed by atoms with Crippen LogP contribution in [0, 0.1) is 0 Å². The fourth-order valence-corrected chi connectivity index (χ4v) is 4.11. The molecule has 3 heteroatoms. The highest BCUT2D eigenvalue weighted by molar-refractivity contribution is 5.30. The monoisotopic (exact) mass is 288 g/mol. The fourth-order valence-electron chi connectivity index (χ4n) is 4.11. The summed E-state index contributed by atoms with van der Waals surface area (Å²) in [6.45, 7) is 0.956. The molecule has 2 aliphatic rings. The third kappa shape index (κ3) is 3.15. The molecule has 2 unspecified atom stereocenters. The van der Waals surface area contributed by atoms with Crippen molar-refractivity contribution < 1.29 is 4.74 Å². The Bertz CT molecular complexity index is 424. The lowest BCUT2D eigenvalue weighted by Gasteiger charge is -2.48. The Balaban J connectivity index is 1.60. The first kappa shape index (κ1) is 15.0. The van der Waals surface area contributed by atoms with Crippen molar-refractivity contribution >= 4 is 0 Å². The zero-order valence-corrected chi connectivity index (χ0v) is 12.9. The van der Waals surface area contributed by atoms with E-state index in [0.717, 1.165) is 13.0 Å². The lowest BCUT2D eigenvalue weighted by molar-refractivity contribution is 0.0967. The van der Waals surface area contributed by atoms with Crippen molar-refractivity contribution in [2.45, 2.75) is 68.9 Å². The lowest BCUT2D eigenvalue weighted by Crippen LogP contribution is -2.55. The van der Waals surface area contributed by atoms with Gasteiger partial charge >= 0.3 is 0 Å². The van der Waals surface area contributed by atoms with Gasteiger partial charge in [-0.15, -0.1) is 0 Å². The standard InChI is InChI=1S/C18H28N2O/c19-20-17(11-4-9-16-10-5-14-21-16)18(12-6-13-18)15-7-2-1-3-8-15/h1-3,7-8,16-17,20H,4-6,9-14,19H2. The molecular weight excluding hydrogens is 260 g/mol. The Morgan fingerprint density at radius 2 is 2.05 bits per heavy atom. The van der Waals surface area contributed by atoms with Crippen molar-refractivity contribution in [3.05, 3.63) is 35.9 Å². The van der Waals surface area contributed by atoms with Crippen LogP contribution in [0.3, 0.4) is 0 Å². The molecule has 1 heterocycles. The summed E-state index contributed by atoms with van der Waals surface area (Å²) in [7, 11) is 0. The number of nitrogens with two attached hydrogens (primary N) is 1. The summed E-state index contributed by atoms with van der Waals surface area (Å²) in [4.78, 5) is 0. The van der Waals surface area contributed by atoms with Crippen LogP contribution in [0.25, 0.3) is 0 Å².